The van der Waals surface area contributed by atoms with Gasteiger partial charge in [0.25, 0.3) is 5.91 Å². The number of aromatic nitrogens is 1. The lowest BCUT2D eigenvalue weighted by Crippen LogP contribution is -2.39. The minimum atomic E-state index is -0.0279. The summed E-state index contributed by atoms with van der Waals surface area (Å²) in [5, 5.41) is 2.92. The van der Waals surface area contributed by atoms with Gasteiger partial charge in [-0.3, -0.25) is 4.79 Å². The highest BCUT2D eigenvalue weighted by atomic mass is 16.1. The molecule has 22 heavy (non-hydrogen) atoms. The van der Waals surface area contributed by atoms with Gasteiger partial charge in [-0.05, 0) is 23.6 Å². The number of pyridine rings is 1. The standard InChI is InChI=1S/C18H23N3O/c1-14(2)15-5-7-16(8-6-15)19-18(22)13-21-11-9-17(10-12-21)20(3)4/h5-12,14H,13H2,1-4H3/p+1. The number of hydrogen-bond acceptors (Lipinski definition) is 2. The van der Waals surface area contributed by atoms with Crippen LogP contribution in [-0.2, 0) is 11.3 Å². The molecule has 1 aromatic carbocycles. The third-order valence-electron chi connectivity index (χ3n) is 3.58. The Hall–Kier alpha value is -2.36. The quantitative estimate of drug-likeness (QED) is 0.862. The topological polar surface area (TPSA) is 36.2 Å². The second-order valence-corrected chi connectivity index (χ2v) is 5.95. The minimum Gasteiger partial charge on any atom is -0.377 e. The first-order valence-corrected chi connectivity index (χ1v) is 7.52. The SMILES string of the molecule is CC(C)c1ccc(NC(=O)C[n+]2ccc(N(C)C)cc2)cc1. The smallest absolute Gasteiger partial charge is 0.290 e. The average molecular weight is 298 g/mol. The summed E-state index contributed by atoms with van der Waals surface area (Å²) in [7, 11) is 3.99. The van der Waals surface area contributed by atoms with E-state index >= 15 is 0 Å². The van der Waals surface area contributed by atoms with Crippen LogP contribution in [0.25, 0.3) is 0 Å². The summed E-state index contributed by atoms with van der Waals surface area (Å²) in [6.45, 7) is 4.61. The maximum Gasteiger partial charge on any atom is 0.290 e. The van der Waals surface area contributed by atoms with E-state index in [1.165, 1.54) is 5.56 Å². The van der Waals surface area contributed by atoms with Crippen LogP contribution in [0, 0.1) is 0 Å². The summed E-state index contributed by atoms with van der Waals surface area (Å²) >= 11 is 0. The highest BCUT2D eigenvalue weighted by Crippen LogP contribution is 2.17. The molecule has 2 rings (SSSR count). The average Bonchev–Trinajstić information content (AvgIpc) is 2.48. The molecule has 1 heterocycles. The van der Waals surface area contributed by atoms with Crippen LogP contribution in [0.15, 0.2) is 48.8 Å². The van der Waals surface area contributed by atoms with Crippen molar-refractivity contribution < 1.29 is 9.36 Å². The van der Waals surface area contributed by atoms with E-state index in [9.17, 15) is 4.79 Å². The normalized spacial score (nSPS) is 10.6. The fourth-order valence-electron chi connectivity index (χ4n) is 2.17. The first kappa shape index (κ1) is 16.0. The Morgan fingerprint density at radius 2 is 1.68 bits per heavy atom. The van der Waals surface area contributed by atoms with E-state index in [1.54, 1.807) is 0 Å². The molecule has 0 fully saturated rings. The number of nitrogens with one attached hydrogen (secondary N) is 1. The predicted molar refractivity (Wildman–Crippen MR) is 90.1 cm³/mol. The van der Waals surface area contributed by atoms with Crippen molar-refractivity contribution in [1.82, 2.24) is 0 Å². The lowest BCUT2D eigenvalue weighted by molar-refractivity contribution is -0.684. The molecule has 0 saturated carbocycles. The zero-order valence-corrected chi connectivity index (χ0v) is 13.7. The van der Waals surface area contributed by atoms with Crippen LogP contribution in [0.3, 0.4) is 0 Å². The predicted octanol–water partition coefficient (Wildman–Crippen LogP) is 2.80. The molecule has 4 nitrogen and oxygen atoms in total. The first-order valence-electron chi connectivity index (χ1n) is 7.52. The number of nitrogens with zero attached hydrogens (tertiary/aromatic N) is 2. The maximum absolute atomic E-state index is 12.1. The summed E-state index contributed by atoms with van der Waals surface area (Å²) in [5.74, 6) is 0.468. The van der Waals surface area contributed by atoms with Crippen molar-refractivity contribution in [3.8, 4) is 0 Å². The number of carbonyl (C=O) groups excluding carboxylic acids is 1. The fourth-order valence-corrected chi connectivity index (χ4v) is 2.17. The van der Waals surface area contributed by atoms with E-state index in [0.717, 1.165) is 11.4 Å². The summed E-state index contributed by atoms with van der Waals surface area (Å²) in [4.78, 5) is 14.1. The van der Waals surface area contributed by atoms with Gasteiger partial charge in [-0.1, -0.05) is 26.0 Å². The van der Waals surface area contributed by atoms with Crippen LogP contribution in [0.1, 0.15) is 25.3 Å². The van der Waals surface area contributed by atoms with Crippen LogP contribution >= 0.6 is 0 Å². The van der Waals surface area contributed by atoms with Crippen molar-refractivity contribution in [3.63, 3.8) is 0 Å². The molecule has 0 saturated heterocycles. The zero-order valence-electron chi connectivity index (χ0n) is 13.7. The summed E-state index contributed by atoms with van der Waals surface area (Å²) in [6, 6.07) is 12.0. The Kier molecular flexibility index (Phi) is 5.15. The number of benzene rings is 1. The van der Waals surface area contributed by atoms with E-state index < -0.39 is 0 Å². The second kappa shape index (κ2) is 7.07. The Morgan fingerprint density at radius 1 is 1.09 bits per heavy atom. The van der Waals surface area contributed by atoms with Gasteiger partial charge >= 0.3 is 0 Å². The highest BCUT2D eigenvalue weighted by molar-refractivity contribution is 5.89. The lowest BCUT2D eigenvalue weighted by atomic mass is 10.0. The molecule has 0 aliphatic heterocycles. The molecular formula is C18H24N3O+. The third kappa shape index (κ3) is 4.32. The molecule has 1 amide bonds. The molecule has 1 N–H and O–H groups in total. The zero-order chi connectivity index (χ0) is 16.1. The van der Waals surface area contributed by atoms with Gasteiger partial charge in [-0.25, -0.2) is 0 Å². The van der Waals surface area contributed by atoms with Crippen LogP contribution < -0.4 is 14.8 Å². The van der Waals surface area contributed by atoms with Gasteiger partial charge in [-0.15, -0.1) is 0 Å². The number of carbonyl (C=O) groups is 1. The summed E-state index contributed by atoms with van der Waals surface area (Å²) in [5.41, 5.74) is 3.22. The van der Waals surface area contributed by atoms with Gasteiger partial charge in [0.2, 0.25) is 6.54 Å². The molecule has 0 radical (unpaired) electrons. The molecule has 1 aromatic heterocycles. The minimum absolute atomic E-state index is 0.0279. The van der Waals surface area contributed by atoms with Crippen molar-refractivity contribution in [2.45, 2.75) is 26.3 Å². The van der Waals surface area contributed by atoms with Crippen LogP contribution in [0.5, 0.6) is 0 Å². The van der Waals surface area contributed by atoms with Crippen molar-refractivity contribution in [1.29, 1.82) is 0 Å². The first-order chi connectivity index (χ1) is 10.5. The lowest BCUT2D eigenvalue weighted by Gasteiger charge is -2.10. The molecule has 0 aliphatic rings. The molecular weight excluding hydrogens is 274 g/mol. The molecule has 0 aliphatic carbocycles. The molecule has 0 bridgehead atoms. The largest absolute Gasteiger partial charge is 0.377 e. The third-order valence-corrected chi connectivity index (χ3v) is 3.58. The van der Waals surface area contributed by atoms with Crippen molar-refractivity contribution in [3.05, 3.63) is 54.4 Å². The molecule has 0 spiro atoms. The van der Waals surface area contributed by atoms with Crippen molar-refractivity contribution in [2.24, 2.45) is 0 Å². The van der Waals surface area contributed by atoms with Crippen LogP contribution in [0.2, 0.25) is 0 Å². The Bertz CT molecular complexity index is 560. The van der Waals surface area contributed by atoms with Crippen LogP contribution in [0.4, 0.5) is 11.4 Å². The van der Waals surface area contributed by atoms with E-state index in [4.69, 9.17) is 0 Å². The molecule has 0 atom stereocenters. The van der Waals surface area contributed by atoms with Gasteiger partial charge in [0.1, 0.15) is 0 Å². The monoisotopic (exact) mass is 298 g/mol. The van der Waals surface area contributed by atoms with Gasteiger partial charge in [0.15, 0.2) is 12.4 Å². The highest BCUT2D eigenvalue weighted by Gasteiger charge is 2.10. The summed E-state index contributed by atoms with van der Waals surface area (Å²) in [6.07, 6.45) is 3.83. The van der Waals surface area contributed by atoms with Crippen molar-refractivity contribution >= 4 is 17.3 Å². The van der Waals surface area contributed by atoms with Gasteiger partial charge in [0, 0.05) is 37.6 Å². The molecule has 0 unspecified atom stereocenters. The van der Waals surface area contributed by atoms with Gasteiger partial charge in [0.05, 0.1) is 0 Å². The van der Waals surface area contributed by atoms with E-state index in [1.807, 2.05) is 60.2 Å². The van der Waals surface area contributed by atoms with Gasteiger partial charge in [-0.2, -0.15) is 4.57 Å². The van der Waals surface area contributed by atoms with E-state index in [-0.39, 0.29) is 5.91 Å². The maximum atomic E-state index is 12.1. The van der Waals surface area contributed by atoms with E-state index in [2.05, 4.69) is 31.3 Å². The van der Waals surface area contributed by atoms with Crippen molar-refractivity contribution in [2.75, 3.05) is 24.3 Å². The number of rotatable bonds is 5. The van der Waals surface area contributed by atoms with Crippen LogP contribution in [-0.4, -0.2) is 20.0 Å². The van der Waals surface area contributed by atoms with Gasteiger partial charge < -0.3 is 10.2 Å². The Morgan fingerprint density at radius 3 is 2.18 bits per heavy atom. The Labute approximate surface area is 132 Å². The molecule has 116 valence electrons. The number of hydrogen-bond donors (Lipinski definition) is 1. The Balaban J connectivity index is 1.94. The molecule has 2 aromatic rings. The van der Waals surface area contributed by atoms with E-state index in [0.29, 0.717) is 12.5 Å². The molecule has 4 heteroatoms. The number of amides is 1. The summed E-state index contributed by atoms with van der Waals surface area (Å²) < 4.78 is 1.87. The second-order valence-electron chi connectivity index (χ2n) is 5.95. The number of anilines is 2. The fraction of sp³-hybridized carbons (Fsp3) is 0.333.